The highest BCUT2D eigenvalue weighted by atomic mass is 16.1. The normalized spacial score (nSPS) is 11.4. The van der Waals surface area contributed by atoms with Gasteiger partial charge < -0.3 is 5.32 Å². The first-order valence-electron chi connectivity index (χ1n) is 6.92. The van der Waals surface area contributed by atoms with Crippen LogP contribution in [-0.4, -0.2) is 5.91 Å². The lowest BCUT2D eigenvalue weighted by molar-refractivity contribution is 0.103. The molecule has 19 heavy (non-hydrogen) atoms. The molecule has 1 heterocycles. The largest absolute Gasteiger partial charge is 0.321 e. The molecule has 0 aliphatic carbocycles. The molecule has 0 unspecified atom stereocenters. The summed E-state index contributed by atoms with van der Waals surface area (Å²) in [6.45, 7) is 10.5. The zero-order valence-electron chi connectivity index (χ0n) is 12.4. The van der Waals surface area contributed by atoms with Crippen LogP contribution in [-0.2, 0) is 0 Å². The topological polar surface area (TPSA) is 29.1 Å². The highest BCUT2D eigenvalue weighted by Gasteiger charge is 2.19. The van der Waals surface area contributed by atoms with Crippen LogP contribution in [0.4, 0.5) is 5.69 Å². The Hall–Kier alpha value is -1.83. The molecule has 1 aliphatic heterocycles. The summed E-state index contributed by atoms with van der Waals surface area (Å²) in [6.07, 6.45) is 0. The summed E-state index contributed by atoms with van der Waals surface area (Å²) in [7, 11) is 0. The first-order valence-corrected chi connectivity index (χ1v) is 6.92. The molecule has 0 aromatic heterocycles. The molecule has 0 bridgehead atoms. The van der Waals surface area contributed by atoms with E-state index in [1.54, 1.807) is 0 Å². The quantitative estimate of drug-likeness (QED) is 0.699. The van der Waals surface area contributed by atoms with E-state index >= 15 is 0 Å². The van der Waals surface area contributed by atoms with Gasteiger partial charge in [-0.25, -0.2) is 0 Å². The van der Waals surface area contributed by atoms with E-state index in [9.17, 15) is 4.79 Å². The number of hydrogen-bond acceptors (Lipinski definition) is 1. The van der Waals surface area contributed by atoms with Crippen LogP contribution >= 0.6 is 0 Å². The van der Waals surface area contributed by atoms with Crippen molar-refractivity contribution in [2.45, 2.75) is 34.6 Å². The van der Waals surface area contributed by atoms with E-state index in [-0.39, 0.29) is 5.91 Å². The number of carbonyl (C=O) groups excluding carboxylic acids is 1. The zero-order valence-corrected chi connectivity index (χ0v) is 12.4. The van der Waals surface area contributed by atoms with Crippen molar-refractivity contribution in [1.82, 2.24) is 0 Å². The van der Waals surface area contributed by atoms with Gasteiger partial charge >= 0.3 is 0 Å². The average Bonchev–Trinajstić information content (AvgIpc) is 2.71. The minimum absolute atomic E-state index is 0.00630. The van der Waals surface area contributed by atoms with Crippen LogP contribution < -0.4 is 5.32 Å². The van der Waals surface area contributed by atoms with Crippen molar-refractivity contribution in [1.29, 1.82) is 0 Å². The van der Waals surface area contributed by atoms with Crippen molar-refractivity contribution < 1.29 is 4.79 Å². The Bertz CT molecular complexity index is 550. The predicted molar refractivity (Wildman–Crippen MR) is 83.8 cm³/mol. The van der Waals surface area contributed by atoms with E-state index in [2.05, 4.69) is 26.1 Å². The minimum atomic E-state index is 0.00630. The summed E-state index contributed by atoms with van der Waals surface area (Å²) in [6, 6.07) is 11.7. The Kier molecular flexibility index (Phi) is 5.56. The molecule has 0 fully saturated rings. The summed E-state index contributed by atoms with van der Waals surface area (Å²) in [5.74, 6) is 0.840. The molecule has 2 aromatic carbocycles. The Balaban J connectivity index is 0.000000262. The highest BCUT2D eigenvalue weighted by Crippen LogP contribution is 2.32. The molecular weight excluding hydrogens is 234 g/mol. The van der Waals surface area contributed by atoms with Gasteiger partial charge in [-0.15, -0.1) is 0 Å². The van der Waals surface area contributed by atoms with Crippen LogP contribution in [0, 0.1) is 5.92 Å². The number of carbonyl (C=O) groups is 1. The zero-order chi connectivity index (χ0) is 14.4. The third-order valence-corrected chi connectivity index (χ3v) is 2.40. The first-order chi connectivity index (χ1) is 9.09. The number of nitrogens with one attached hydrogen (secondary N) is 1. The van der Waals surface area contributed by atoms with Crippen molar-refractivity contribution >= 4 is 22.4 Å². The lowest BCUT2D eigenvalue weighted by atomic mass is 10.1. The van der Waals surface area contributed by atoms with Crippen LogP contribution in [0.15, 0.2) is 36.4 Å². The highest BCUT2D eigenvalue weighted by molar-refractivity contribution is 6.23. The second kappa shape index (κ2) is 6.93. The molecule has 0 spiro atoms. The van der Waals surface area contributed by atoms with Crippen molar-refractivity contribution in [3.63, 3.8) is 0 Å². The SMILES string of the molecule is CC.CC(C)C.O=C1Nc2cccc3cccc1c23. The minimum Gasteiger partial charge on any atom is -0.321 e. The maximum atomic E-state index is 11.4. The predicted octanol–water partition coefficient (Wildman–Crippen LogP) is 5.09. The number of benzene rings is 2. The molecular formula is C17H23NO. The second-order valence-corrected chi connectivity index (χ2v) is 4.90. The fourth-order valence-corrected chi connectivity index (χ4v) is 1.82. The molecule has 3 rings (SSSR count). The summed E-state index contributed by atoms with van der Waals surface area (Å²) in [4.78, 5) is 11.4. The Morgan fingerprint density at radius 3 is 2.05 bits per heavy atom. The van der Waals surface area contributed by atoms with E-state index in [1.807, 2.05) is 50.2 Å². The lowest BCUT2D eigenvalue weighted by Crippen LogP contribution is -2.03. The molecule has 0 saturated heterocycles. The molecule has 1 amide bonds. The van der Waals surface area contributed by atoms with Gasteiger partial charge in [0.25, 0.3) is 5.91 Å². The van der Waals surface area contributed by atoms with E-state index in [1.165, 1.54) is 0 Å². The maximum Gasteiger partial charge on any atom is 0.256 e. The van der Waals surface area contributed by atoms with Crippen LogP contribution in [0.3, 0.4) is 0 Å². The number of amides is 1. The van der Waals surface area contributed by atoms with Gasteiger partial charge in [-0.2, -0.15) is 0 Å². The molecule has 0 atom stereocenters. The van der Waals surface area contributed by atoms with Crippen molar-refractivity contribution in [2.75, 3.05) is 5.32 Å². The Labute approximate surface area is 115 Å². The van der Waals surface area contributed by atoms with Crippen LogP contribution in [0.1, 0.15) is 45.0 Å². The Morgan fingerprint density at radius 1 is 0.947 bits per heavy atom. The average molecular weight is 257 g/mol. The fraction of sp³-hybridized carbons (Fsp3) is 0.353. The van der Waals surface area contributed by atoms with E-state index in [4.69, 9.17) is 0 Å². The van der Waals surface area contributed by atoms with Gasteiger partial charge in [-0.3, -0.25) is 4.79 Å². The smallest absolute Gasteiger partial charge is 0.256 e. The summed E-state index contributed by atoms with van der Waals surface area (Å²) < 4.78 is 0. The van der Waals surface area contributed by atoms with Crippen molar-refractivity contribution in [2.24, 2.45) is 5.92 Å². The molecule has 0 radical (unpaired) electrons. The summed E-state index contributed by atoms with van der Waals surface area (Å²) in [5, 5.41) is 5.00. The standard InChI is InChI=1S/C11H7NO.C4H10.C2H6/c13-11-8-5-1-3-7-4-2-6-9(12-11)10(7)8;1-4(2)3;1-2/h1-6H,(H,12,13);4H,1-3H3;1-2H3. The molecule has 0 saturated carbocycles. The van der Waals surface area contributed by atoms with E-state index < -0.39 is 0 Å². The van der Waals surface area contributed by atoms with E-state index in [0.717, 1.165) is 27.9 Å². The lowest BCUT2D eigenvalue weighted by Gasteiger charge is -1.97. The number of rotatable bonds is 0. The third kappa shape index (κ3) is 3.57. The van der Waals surface area contributed by atoms with Gasteiger partial charge in [0.15, 0.2) is 0 Å². The van der Waals surface area contributed by atoms with Crippen molar-refractivity contribution in [3.05, 3.63) is 42.0 Å². The van der Waals surface area contributed by atoms with Gasteiger partial charge in [0.1, 0.15) is 0 Å². The van der Waals surface area contributed by atoms with Gasteiger partial charge in [-0.1, -0.05) is 58.9 Å². The molecule has 1 N–H and O–H groups in total. The van der Waals surface area contributed by atoms with Gasteiger partial charge in [-0.05, 0) is 23.4 Å². The summed E-state index contributed by atoms with van der Waals surface area (Å²) >= 11 is 0. The summed E-state index contributed by atoms with van der Waals surface area (Å²) in [5.41, 5.74) is 1.71. The van der Waals surface area contributed by atoms with Crippen molar-refractivity contribution in [3.8, 4) is 0 Å². The number of anilines is 1. The molecule has 2 heteroatoms. The van der Waals surface area contributed by atoms with Gasteiger partial charge in [0.05, 0.1) is 0 Å². The molecule has 2 nitrogen and oxygen atoms in total. The molecule has 102 valence electrons. The number of hydrogen-bond donors (Lipinski definition) is 1. The molecule has 2 aromatic rings. The fourth-order valence-electron chi connectivity index (χ4n) is 1.82. The third-order valence-electron chi connectivity index (χ3n) is 2.40. The second-order valence-electron chi connectivity index (χ2n) is 4.90. The maximum absolute atomic E-state index is 11.4. The van der Waals surface area contributed by atoms with Gasteiger partial charge in [0.2, 0.25) is 0 Å². The molecule has 1 aliphatic rings. The first kappa shape index (κ1) is 15.2. The van der Waals surface area contributed by atoms with Crippen LogP contribution in [0.5, 0.6) is 0 Å². The van der Waals surface area contributed by atoms with Gasteiger partial charge in [0, 0.05) is 16.6 Å². The Morgan fingerprint density at radius 2 is 1.47 bits per heavy atom. The van der Waals surface area contributed by atoms with Crippen LogP contribution in [0.25, 0.3) is 10.8 Å². The van der Waals surface area contributed by atoms with E-state index in [0.29, 0.717) is 0 Å². The van der Waals surface area contributed by atoms with Crippen LogP contribution in [0.2, 0.25) is 0 Å². The monoisotopic (exact) mass is 257 g/mol.